The molecule has 0 unspecified atom stereocenters. The van der Waals surface area contributed by atoms with E-state index in [2.05, 4.69) is 15.3 Å². The zero-order chi connectivity index (χ0) is 17.4. The van der Waals surface area contributed by atoms with Crippen LogP contribution < -0.4 is 11.1 Å². The fourth-order valence-electron chi connectivity index (χ4n) is 2.48. The van der Waals surface area contributed by atoms with Crippen LogP contribution in [-0.2, 0) is 0 Å². The fraction of sp³-hybridized carbons (Fsp3) is 0. The average molecular weight is 368 g/mol. The summed E-state index contributed by atoms with van der Waals surface area (Å²) in [6, 6.07) is 9.26. The van der Waals surface area contributed by atoms with Gasteiger partial charge in [0.25, 0.3) is 11.8 Å². The van der Waals surface area contributed by atoms with E-state index in [4.69, 9.17) is 5.73 Å². The van der Waals surface area contributed by atoms with E-state index in [1.54, 1.807) is 18.3 Å². The lowest BCUT2D eigenvalue weighted by Crippen LogP contribution is -2.11. The van der Waals surface area contributed by atoms with Crippen LogP contribution in [0.1, 0.15) is 20.8 Å². The summed E-state index contributed by atoms with van der Waals surface area (Å²) < 4.78 is 0.952. The molecule has 0 bridgehead atoms. The molecule has 124 valence electrons. The smallest absolute Gasteiger partial charge is 0.265 e. The number of carbonyl (C=O) groups excluding carboxylic acids is 2. The van der Waals surface area contributed by atoms with Crippen LogP contribution in [0.2, 0.25) is 0 Å². The first-order chi connectivity index (χ1) is 12.1. The number of rotatable bonds is 4. The van der Waals surface area contributed by atoms with Gasteiger partial charge in [-0.25, -0.2) is 4.98 Å². The molecular formula is C17H12N4O2S2. The average Bonchev–Trinajstić information content (AvgIpc) is 3.33. The number of aromatic nitrogens is 2. The van der Waals surface area contributed by atoms with E-state index >= 15 is 0 Å². The summed E-state index contributed by atoms with van der Waals surface area (Å²) in [7, 11) is 0. The molecule has 0 aliphatic rings. The molecule has 3 aromatic heterocycles. The summed E-state index contributed by atoms with van der Waals surface area (Å²) in [4.78, 5) is 30.9. The molecule has 6 nitrogen and oxygen atoms in total. The molecule has 0 saturated heterocycles. The molecule has 4 N–H and O–H groups in total. The highest BCUT2D eigenvalue weighted by Gasteiger charge is 2.14. The van der Waals surface area contributed by atoms with E-state index in [1.165, 1.54) is 22.7 Å². The third kappa shape index (κ3) is 2.92. The third-order valence-electron chi connectivity index (χ3n) is 3.69. The van der Waals surface area contributed by atoms with Crippen molar-refractivity contribution in [2.75, 3.05) is 5.32 Å². The highest BCUT2D eigenvalue weighted by molar-refractivity contribution is 7.17. The minimum atomic E-state index is -0.529. The molecule has 4 rings (SSSR count). The first-order valence-electron chi connectivity index (χ1n) is 7.33. The second-order valence-corrected chi connectivity index (χ2v) is 7.08. The van der Waals surface area contributed by atoms with Crippen LogP contribution in [0.3, 0.4) is 0 Å². The number of nitrogens with two attached hydrogens (primary N) is 1. The Hall–Kier alpha value is -2.97. The topological polar surface area (TPSA) is 101 Å². The first-order valence-corrected chi connectivity index (χ1v) is 9.09. The molecule has 0 aliphatic heterocycles. The summed E-state index contributed by atoms with van der Waals surface area (Å²) in [6.07, 6.45) is 1.66. The number of H-pyrrole nitrogens is 1. The Morgan fingerprint density at radius 3 is 2.88 bits per heavy atom. The number of hydrogen-bond donors (Lipinski definition) is 3. The second-order valence-electron chi connectivity index (χ2n) is 5.30. The second kappa shape index (κ2) is 6.15. The molecule has 0 saturated carbocycles. The number of thiophene rings is 1. The standard InChI is InChI=1S/C17H12N4O2S2/c18-15(22)12-6-10(7-19-12)13-8-25-17(20-13)21-16(23)11-3-1-2-9-4-5-24-14(9)11/h1-8,19H,(H2,18,22)(H,20,21,23). The van der Waals surface area contributed by atoms with Crippen LogP contribution >= 0.6 is 22.7 Å². The highest BCUT2D eigenvalue weighted by atomic mass is 32.1. The first kappa shape index (κ1) is 15.6. The zero-order valence-electron chi connectivity index (χ0n) is 12.8. The lowest BCUT2D eigenvalue weighted by atomic mass is 10.1. The maximum absolute atomic E-state index is 12.6. The highest BCUT2D eigenvalue weighted by Crippen LogP contribution is 2.28. The van der Waals surface area contributed by atoms with Gasteiger partial charge in [0.1, 0.15) is 5.69 Å². The summed E-state index contributed by atoms with van der Waals surface area (Å²) in [6.45, 7) is 0. The largest absolute Gasteiger partial charge is 0.364 e. The molecule has 0 aliphatic carbocycles. The van der Waals surface area contributed by atoms with Crippen molar-refractivity contribution < 1.29 is 9.59 Å². The predicted octanol–water partition coefficient (Wildman–Crippen LogP) is 3.70. The number of amides is 2. The van der Waals surface area contributed by atoms with E-state index in [0.29, 0.717) is 22.1 Å². The molecular weight excluding hydrogens is 356 g/mol. The lowest BCUT2D eigenvalue weighted by Gasteiger charge is -2.03. The van der Waals surface area contributed by atoms with Crippen molar-refractivity contribution in [2.24, 2.45) is 5.73 Å². The van der Waals surface area contributed by atoms with Gasteiger partial charge < -0.3 is 10.7 Å². The van der Waals surface area contributed by atoms with Gasteiger partial charge in [-0.2, -0.15) is 0 Å². The minimum absolute atomic E-state index is 0.194. The van der Waals surface area contributed by atoms with E-state index in [0.717, 1.165) is 15.6 Å². The van der Waals surface area contributed by atoms with Crippen LogP contribution in [0.4, 0.5) is 5.13 Å². The monoisotopic (exact) mass is 368 g/mol. The summed E-state index contributed by atoms with van der Waals surface area (Å²) in [5.74, 6) is -0.722. The number of thiazole rings is 1. The van der Waals surface area contributed by atoms with E-state index in [9.17, 15) is 9.59 Å². The number of nitrogens with one attached hydrogen (secondary N) is 2. The molecule has 1 aromatic carbocycles. The molecule has 0 spiro atoms. The van der Waals surface area contributed by atoms with Crippen molar-refractivity contribution in [1.29, 1.82) is 0 Å². The fourth-order valence-corrected chi connectivity index (χ4v) is 4.11. The number of benzene rings is 1. The molecule has 2 amide bonds. The SMILES string of the molecule is NC(=O)c1cc(-c2csc(NC(=O)c3cccc4ccsc34)n2)c[nH]1. The van der Waals surface area contributed by atoms with Gasteiger partial charge in [0, 0.05) is 21.8 Å². The van der Waals surface area contributed by atoms with Gasteiger partial charge in [0.2, 0.25) is 0 Å². The summed E-state index contributed by atoms with van der Waals surface area (Å²) in [5, 5.41) is 8.15. The van der Waals surface area contributed by atoms with Gasteiger partial charge in [-0.1, -0.05) is 12.1 Å². The molecule has 3 heterocycles. The van der Waals surface area contributed by atoms with Crippen molar-refractivity contribution in [1.82, 2.24) is 9.97 Å². The Morgan fingerprint density at radius 1 is 1.20 bits per heavy atom. The van der Waals surface area contributed by atoms with Crippen molar-refractivity contribution in [3.05, 3.63) is 58.5 Å². The van der Waals surface area contributed by atoms with Crippen LogP contribution in [-0.4, -0.2) is 21.8 Å². The van der Waals surface area contributed by atoms with Crippen molar-refractivity contribution in [2.45, 2.75) is 0 Å². The van der Waals surface area contributed by atoms with Gasteiger partial charge >= 0.3 is 0 Å². The Bertz CT molecular complexity index is 1090. The molecule has 8 heteroatoms. The number of carbonyl (C=O) groups is 2. The predicted molar refractivity (Wildman–Crippen MR) is 100 cm³/mol. The quantitative estimate of drug-likeness (QED) is 0.512. The Morgan fingerprint density at radius 2 is 2.08 bits per heavy atom. The van der Waals surface area contributed by atoms with Gasteiger partial charge in [0.15, 0.2) is 5.13 Å². The molecule has 0 radical (unpaired) electrons. The molecule has 0 fully saturated rings. The van der Waals surface area contributed by atoms with E-state index in [1.807, 2.05) is 29.0 Å². The minimum Gasteiger partial charge on any atom is -0.364 e. The number of fused-ring (bicyclic) bond motifs is 1. The zero-order valence-corrected chi connectivity index (χ0v) is 14.4. The van der Waals surface area contributed by atoms with Crippen molar-refractivity contribution in [3.63, 3.8) is 0 Å². The lowest BCUT2D eigenvalue weighted by molar-refractivity contribution is 0.0994. The van der Waals surface area contributed by atoms with Crippen molar-refractivity contribution >= 4 is 49.7 Å². The summed E-state index contributed by atoms with van der Waals surface area (Å²) >= 11 is 2.86. The number of anilines is 1. The van der Waals surface area contributed by atoms with Crippen LogP contribution in [0, 0.1) is 0 Å². The third-order valence-corrected chi connectivity index (χ3v) is 5.41. The summed E-state index contributed by atoms with van der Waals surface area (Å²) in [5.41, 5.74) is 7.58. The van der Waals surface area contributed by atoms with Gasteiger partial charge in [0.05, 0.1) is 11.3 Å². The maximum atomic E-state index is 12.6. The van der Waals surface area contributed by atoms with Gasteiger partial charge in [-0.15, -0.1) is 22.7 Å². The maximum Gasteiger partial charge on any atom is 0.265 e. The molecule has 0 atom stereocenters. The molecule has 4 aromatic rings. The number of primary amides is 1. The van der Waals surface area contributed by atoms with Gasteiger partial charge in [-0.05, 0) is 29.0 Å². The van der Waals surface area contributed by atoms with Crippen molar-refractivity contribution in [3.8, 4) is 11.3 Å². The van der Waals surface area contributed by atoms with Crippen LogP contribution in [0.25, 0.3) is 21.3 Å². The van der Waals surface area contributed by atoms with E-state index in [-0.39, 0.29) is 5.91 Å². The Balaban J connectivity index is 1.57. The Kier molecular flexibility index (Phi) is 3.83. The normalized spacial score (nSPS) is 10.9. The van der Waals surface area contributed by atoms with Crippen LogP contribution in [0.5, 0.6) is 0 Å². The van der Waals surface area contributed by atoms with E-state index < -0.39 is 5.91 Å². The molecule has 25 heavy (non-hydrogen) atoms. The number of aromatic amines is 1. The Labute approximate surface area is 150 Å². The number of nitrogens with zero attached hydrogens (tertiary/aromatic N) is 1. The number of hydrogen-bond acceptors (Lipinski definition) is 5. The van der Waals surface area contributed by atoms with Crippen LogP contribution in [0.15, 0.2) is 47.3 Å². The van der Waals surface area contributed by atoms with Gasteiger partial charge in [-0.3, -0.25) is 14.9 Å².